The molecule has 0 saturated heterocycles. The Morgan fingerprint density at radius 1 is 1.32 bits per heavy atom. The molecule has 0 atom stereocenters. The summed E-state index contributed by atoms with van der Waals surface area (Å²) >= 11 is 0. The van der Waals surface area contributed by atoms with Gasteiger partial charge in [0.05, 0.1) is 6.54 Å². The van der Waals surface area contributed by atoms with E-state index in [1.165, 1.54) is 5.39 Å². The minimum atomic E-state index is -0.798. The van der Waals surface area contributed by atoms with Gasteiger partial charge in [0.1, 0.15) is 0 Å². The average molecular weight is 343 g/mol. The molecule has 6 nitrogen and oxygen atoms in total. The van der Waals surface area contributed by atoms with Crippen LogP contribution in [0.25, 0.3) is 10.9 Å². The molecule has 0 spiro atoms. The SMILES string of the molecule is CCN(CC(=O)O)C1CC(NC(=O)CCc2c[nH]c3ccccc23)C1. The largest absolute Gasteiger partial charge is 0.480 e. The predicted octanol–water partition coefficient (Wildman–Crippen LogP) is 2.15. The first-order valence-electron chi connectivity index (χ1n) is 8.87. The van der Waals surface area contributed by atoms with Gasteiger partial charge in [-0.15, -0.1) is 0 Å². The zero-order valence-corrected chi connectivity index (χ0v) is 14.5. The summed E-state index contributed by atoms with van der Waals surface area (Å²) in [6.45, 7) is 2.76. The van der Waals surface area contributed by atoms with Crippen molar-refractivity contribution in [1.29, 1.82) is 0 Å². The highest BCUT2D eigenvalue weighted by molar-refractivity contribution is 5.84. The Bertz CT molecular complexity index is 749. The summed E-state index contributed by atoms with van der Waals surface area (Å²) in [5.74, 6) is -0.733. The Labute approximate surface area is 147 Å². The topological polar surface area (TPSA) is 85.4 Å². The molecule has 0 unspecified atom stereocenters. The van der Waals surface area contributed by atoms with Crippen molar-refractivity contribution in [1.82, 2.24) is 15.2 Å². The first-order valence-corrected chi connectivity index (χ1v) is 8.87. The minimum absolute atomic E-state index is 0.0648. The highest BCUT2D eigenvalue weighted by atomic mass is 16.4. The molecule has 0 radical (unpaired) electrons. The number of benzene rings is 1. The standard InChI is InChI=1S/C19H25N3O3/c1-2-22(12-19(24)25)15-9-14(10-15)21-18(23)8-7-13-11-20-17-6-4-3-5-16(13)17/h3-6,11,14-15,20H,2,7-10,12H2,1H3,(H,21,23)(H,24,25). The van der Waals surface area contributed by atoms with Crippen LogP contribution < -0.4 is 5.32 Å². The molecule has 1 fully saturated rings. The molecule has 1 aromatic heterocycles. The van der Waals surface area contributed by atoms with Crippen LogP contribution in [0.2, 0.25) is 0 Å². The fraction of sp³-hybridized carbons (Fsp3) is 0.474. The lowest BCUT2D eigenvalue weighted by Crippen LogP contribution is -2.54. The van der Waals surface area contributed by atoms with Gasteiger partial charge in [0, 0.05) is 35.6 Å². The Kier molecular flexibility index (Phi) is 5.38. The van der Waals surface area contributed by atoms with Crippen LogP contribution in [0, 0.1) is 0 Å². The number of para-hydroxylation sites is 1. The normalized spacial score (nSPS) is 19.8. The first-order chi connectivity index (χ1) is 12.1. The van der Waals surface area contributed by atoms with E-state index < -0.39 is 5.97 Å². The van der Waals surface area contributed by atoms with Gasteiger partial charge in [-0.1, -0.05) is 25.1 Å². The number of carboxylic acid groups (broad SMARTS) is 1. The van der Waals surface area contributed by atoms with Crippen LogP contribution in [0.4, 0.5) is 0 Å². The van der Waals surface area contributed by atoms with Crippen molar-refractivity contribution >= 4 is 22.8 Å². The molecule has 1 saturated carbocycles. The number of carbonyl (C=O) groups is 2. The number of H-pyrrole nitrogens is 1. The maximum Gasteiger partial charge on any atom is 0.317 e. The van der Waals surface area contributed by atoms with Crippen LogP contribution in [0.1, 0.15) is 31.7 Å². The van der Waals surface area contributed by atoms with Crippen molar-refractivity contribution in [2.24, 2.45) is 0 Å². The van der Waals surface area contributed by atoms with Crippen molar-refractivity contribution in [3.05, 3.63) is 36.0 Å². The van der Waals surface area contributed by atoms with Crippen molar-refractivity contribution in [2.45, 2.75) is 44.7 Å². The molecular weight excluding hydrogens is 318 g/mol. The summed E-state index contributed by atoms with van der Waals surface area (Å²) in [6, 6.07) is 8.53. The lowest BCUT2D eigenvalue weighted by molar-refractivity contribution is -0.139. The zero-order valence-electron chi connectivity index (χ0n) is 14.5. The number of aromatic nitrogens is 1. The van der Waals surface area contributed by atoms with E-state index in [-0.39, 0.29) is 24.5 Å². The van der Waals surface area contributed by atoms with Crippen molar-refractivity contribution in [3.63, 3.8) is 0 Å². The molecule has 3 N–H and O–H groups in total. The van der Waals surface area contributed by atoms with E-state index in [2.05, 4.69) is 16.4 Å². The van der Waals surface area contributed by atoms with E-state index in [1.54, 1.807) is 0 Å². The number of amides is 1. The molecule has 1 amide bonds. The molecule has 1 aliphatic rings. The summed E-state index contributed by atoms with van der Waals surface area (Å²) in [5, 5.41) is 13.2. The number of aryl methyl sites for hydroxylation is 1. The summed E-state index contributed by atoms with van der Waals surface area (Å²) < 4.78 is 0. The second-order valence-electron chi connectivity index (χ2n) is 6.71. The van der Waals surface area contributed by atoms with E-state index in [9.17, 15) is 9.59 Å². The fourth-order valence-electron chi connectivity index (χ4n) is 3.56. The van der Waals surface area contributed by atoms with Crippen LogP contribution in [-0.2, 0) is 16.0 Å². The number of likely N-dealkylation sites (N-methyl/N-ethyl adjacent to an activating group) is 1. The number of aromatic amines is 1. The third-order valence-corrected chi connectivity index (χ3v) is 5.04. The summed E-state index contributed by atoms with van der Waals surface area (Å²) in [6.07, 6.45) is 4.82. The van der Waals surface area contributed by atoms with Gasteiger partial charge < -0.3 is 15.4 Å². The Morgan fingerprint density at radius 3 is 2.80 bits per heavy atom. The average Bonchev–Trinajstić information content (AvgIpc) is 2.97. The van der Waals surface area contributed by atoms with E-state index in [0.29, 0.717) is 12.8 Å². The Balaban J connectivity index is 1.43. The number of nitrogens with zero attached hydrogens (tertiary/aromatic N) is 1. The zero-order chi connectivity index (χ0) is 17.8. The molecule has 0 aliphatic heterocycles. The van der Waals surface area contributed by atoms with Gasteiger partial charge in [-0.25, -0.2) is 0 Å². The number of carbonyl (C=O) groups excluding carboxylic acids is 1. The number of aliphatic carboxylic acids is 1. The lowest BCUT2D eigenvalue weighted by Gasteiger charge is -2.42. The maximum atomic E-state index is 12.2. The Hall–Kier alpha value is -2.34. The summed E-state index contributed by atoms with van der Waals surface area (Å²) in [5.41, 5.74) is 2.26. The van der Waals surface area contributed by atoms with E-state index in [0.717, 1.165) is 30.5 Å². The highest BCUT2D eigenvalue weighted by Crippen LogP contribution is 2.26. The molecule has 3 rings (SSSR count). The molecule has 0 bridgehead atoms. The van der Waals surface area contributed by atoms with Crippen LogP contribution >= 0.6 is 0 Å². The predicted molar refractivity (Wildman–Crippen MR) is 96.5 cm³/mol. The van der Waals surface area contributed by atoms with Gasteiger partial charge in [-0.05, 0) is 37.4 Å². The van der Waals surface area contributed by atoms with Gasteiger partial charge in [0.15, 0.2) is 0 Å². The van der Waals surface area contributed by atoms with Crippen molar-refractivity contribution < 1.29 is 14.7 Å². The molecular formula is C19H25N3O3. The number of carboxylic acids is 1. The van der Waals surface area contributed by atoms with Crippen LogP contribution in [0.3, 0.4) is 0 Å². The number of hydrogen-bond donors (Lipinski definition) is 3. The fourth-order valence-corrected chi connectivity index (χ4v) is 3.56. The second-order valence-corrected chi connectivity index (χ2v) is 6.71. The highest BCUT2D eigenvalue weighted by Gasteiger charge is 2.34. The summed E-state index contributed by atoms with van der Waals surface area (Å²) in [4.78, 5) is 28.2. The molecule has 1 heterocycles. The summed E-state index contributed by atoms with van der Waals surface area (Å²) in [7, 11) is 0. The van der Waals surface area contributed by atoms with Crippen LogP contribution in [0.15, 0.2) is 30.5 Å². The quantitative estimate of drug-likeness (QED) is 0.686. The van der Waals surface area contributed by atoms with E-state index in [4.69, 9.17) is 5.11 Å². The van der Waals surface area contributed by atoms with Crippen molar-refractivity contribution in [3.8, 4) is 0 Å². The third-order valence-electron chi connectivity index (χ3n) is 5.04. The monoisotopic (exact) mass is 343 g/mol. The Morgan fingerprint density at radius 2 is 2.08 bits per heavy atom. The molecule has 1 aromatic carbocycles. The maximum absolute atomic E-state index is 12.2. The van der Waals surface area contributed by atoms with Gasteiger partial charge in [0.25, 0.3) is 0 Å². The van der Waals surface area contributed by atoms with E-state index >= 15 is 0 Å². The molecule has 25 heavy (non-hydrogen) atoms. The van der Waals surface area contributed by atoms with Crippen LogP contribution in [-0.4, -0.2) is 52.0 Å². The molecule has 6 heteroatoms. The van der Waals surface area contributed by atoms with E-state index in [1.807, 2.05) is 36.2 Å². The third kappa shape index (κ3) is 4.20. The van der Waals surface area contributed by atoms with Gasteiger partial charge in [-0.2, -0.15) is 0 Å². The van der Waals surface area contributed by atoms with Gasteiger partial charge in [-0.3, -0.25) is 14.5 Å². The van der Waals surface area contributed by atoms with Gasteiger partial charge >= 0.3 is 5.97 Å². The number of nitrogens with one attached hydrogen (secondary N) is 2. The van der Waals surface area contributed by atoms with Crippen LogP contribution in [0.5, 0.6) is 0 Å². The number of hydrogen-bond acceptors (Lipinski definition) is 3. The van der Waals surface area contributed by atoms with Gasteiger partial charge in [0.2, 0.25) is 5.91 Å². The second kappa shape index (κ2) is 7.70. The smallest absolute Gasteiger partial charge is 0.317 e. The first kappa shape index (κ1) is 17.5. The lowest BCUT2D eigenvalue weighted by atomic mass is 9.85. The van der Waals surface area contributed by atoms with Crippen molar-refractivity contribution in [2.75, 3.05) is 13.1 Å². The number of rotatable bonds is 8. The number of fused-ring (bicyclic) bond motifs is 1. The molecule has 134 valence electrons. The molecule has 1 aliphatic carbocycles. The minimum Gasteiger partial charge on any atom is -0.480 e. The molecule has 2 aromatic rings.